The summed E-state index contributed by atoms with van der Waals surface area (Å²) in [5.41, 5.74) is 1.54. The molecule has 0 amide bonds. The first-order valence-electron chi connectivity index (χ1n) is 13.0. The average Bonchev–Trinajstić information content (AvgIpc) is 3.34. The maximum Gasteiger partial charge on any atom is 0.243 e. The Morgan fingerprint density at radius 2 is 1.77 bits per heavy atom. The Morgan fingerprint density at radius 3 is 2.50 bits per heavy atom. The van der Waals surface area contributed by atoms with Gasteiger partial charge in [-0.05, 0) is 77.2 Å². The van der Waals surface area contributed by atoms with Crippen LogP contribution in [0.15, 0.2) is 80.5 Å². The lowest BCUT2D eigenvalue weighted by Crippen LogP contribution is -2.37. The van der Waals surface area contributed by atoms with Crippen LogP contribution in [-0.2, 0) is 10.0 Å². The first-order chi connectivity index (χ1) is 19.2. The molecule has 5 rings (SSSR count). The second-order valence-corrected chi connectivity index (χ2v) is 12.7. The molecule has 0 spiro atoms. The third-order valence-electron chi connectivity index (χ3n) is 7.18. The van der Waals surface area contributed by atoms with Crippen molar-refractivity contribution in [3.8, 4) is 5.75 Å². The number of carbonyl (C=O) groups excluding carboxylic acids is 2. The molecule has 208 valence electrons. The fourth-order valence-electron chi connectivity index (χ4n) is 4.79. The summed E-state index contributed by atoms with van der Waals surface area (Å²) in [4.78, 5) is 26.8. The predicted octanol–water partition coefficient (Wildman–Crippen LogP) is 6.15. The van der Waals surface area contributed by atoms with E-state index in [1.807, 2.05) is 6.07 Å². The van der Waals surface area contributed by atoms with Crippen molar-refractivity contribution in [1.29, 1.82) is 0 Å². The molecule has 1 fully saturated rings. The van der Waals surface area contributed by atoms with Gasteiger partial charge in [0.15, 0.2) is 11.5 Å². The molecule has 1 aliphatic rings. The number of methoxy groups -OCH3 is 1. The number of halogens is 1. The standard InChI is InChI=1S/C30H29BrN2O6S/c1-19-12-14-33(15-13-19)40(36,37)22-7-5-6-20(16-22)25(34)18-32-28-23-8-3-4-9-26(23)39-30(28)29(35)21-10-11-27(38-2)24(31)17-21/h3-11,16-17,19,32H,12-15,18H2,1-2H3. The van der Waals surface area contributed by atoms with E-state index in [4.69, 9.17) is 9.15 Å². The van der Waals surface area contributed by atoms with Crippen molar-refractivity contribution >= 4 is 54.2 Å². The molecule has 0 saturated carbocycles. The van der Waals surface area contributed by atoms with Gasteiger partial charge >= 0.3 is 0 Å². The average molecular weight is 626 g/mol. The number of sulfonamides is 1. The van der Waals surface area contributed by atoms with Gasteiger partial charge in [-0.3, -0.25) is 9.59 Å². The van der Waals surface area contributed by atoms with Crippen LogP contribution in [0.25, 0.3) is 11.0 Å². The molecule has 40 heavy (non-hydrogen) atoms. The smallest absolute Gasteiger partial charge is 0.243 e. The van der Waals surface area contributed by atoms with Crippen molar-refractivity contribution in [3.05, 3.63) is 88.1 Å². The van der Waals surface area contributed by atoms with Crippen LogP contribution in [0.5, 0.6) is 5.75 Å². The van der Waals surface area contributed by atoms with Gasteiger partial charge in [0.1, 0.15) is 11.3 Å². The number of fused-ring (bicyclic) bond motifs is 1. The number of furan rings is 1. The summed E-state index contributed by atoms with van der Waals surface area (Å²) in [6.07, 6.45) is 1.63. The van der Waals surface area contributed by atoms with Gasteiger partial charge in [-0.15, -0.1) is 0 Å². The number of nitrogens with zero attached hydrogens (tertiary/aromatic N) is 1. The van der Waals surface area contributed by atoms with Gasteiger partial charge in [0.25, 0.3) is 0 Å². The largest absolute Gasteiger partial charge is 0.496 e. The highest BCUT2D eigenvalue weighted by atomic mass is 79.9. The van der Waals surface area contributed by atoms with Crippen molar-refractivity contribution < 1.29 is 27.2 Å². The van der Waals surface area contributed by atoms with Gasteiger partial charge in [-0.2, -0.15) is 4.31 Å². The zero-order chi connectivity index (χ0) is 28.4. The maximum absolute atomic E-state index is 13.5. The second-order valence-electron chi connectivity index (χ2n) is 9.87. The summed E-state index contributed by atoms with van der Waals surface area (Å²) < 4.78 is 39.7. The van der Waals surface area contributed by atoms with E-state index in [-0.39, 0.29) is 34.3 Å². The summed E-state index contributed by atoms with van der Waals surface area (Å²) in [5, 5.41) is 3.74. The molecule has 10 heteroatoms. The zero-order valence-corrected chi connectivity index (χ0v) is 24.5. The lowest BCUT2D eigenvalue weighted by molar-refractivity contribution is 0.0997. The lowest BCUT2D eigenvalue weighted by atomic mass is 10.0. The number of anilines is 1. The molecule has 4 aromatic rings. The Labute approximate surface area is 241 Å². The van der Waals surface area contributed by atoms with Crippen LogP contribution in [-0.4, -0.2) is 51.0 Å². The summed E-state index contributed by atoms with van der Waals surface area (Å²) in [6.45, 7) is 2.89. The number of para-hydroxylation sites is 1. The van der Waals surface area contributed by atoms with E-state index in [2.05, 4.69) is 28.2 Å². The van der Waals surface area contributed by atoms with Crippen LogP contribution >= 0.6 is 15.9 Å². The van der Waals surface area contributed by atoms with E-state index < -0.39 is 10.0 Å². The molecule has 1 aliphatic heterocycles. The number of nitrogens with one attached hydrogen (secondary N) is 1. The van der Waals surface area contributed by atoms with Gasteiger partial charge in [0.2, 0.25) is 15.8 Å². The molecular formula is C30H29BrN2O6S. The van der Waals surface area contributed by atoms with E-state index in [9.17, 15) is 18.0 Å². The fraction of sp³-hybridized carbons (Fsp3) is 0.267. The minimum atomic E-state index is -3.70. The number of hydrogen-bond acceptors (Lipinski definition) is 7. The van der Waals surface area contributed by atoms with Gasteiger partial charge < -0.3 is 14.5 Å². The number of rotatable bonds is 9. The molecule has 1 aromatic heterocycles. The van der Waals surface area contributed by atoms with E-state index in [0.717, 1.165) is 12.8 Å². The van der Waals surface area contributed by atoms with Crippen LogP contribution < -0.4 is 10.1 Å². The molecule has 1 saturated heterocycles. The SMILES string of the molecule is COc1ccc(C(=O)c2oc3ccccc3c2NCC(=O)c2cccc(S(=O)(=O)N3CCC(C)CC3)c2)cc1Br. The molecule has 0 atom stereocenters. The van der Waals surface area contributed by atoms with Gasteiger partial charge in [0, 0.05) is 29.6 Å². The number of Topliss-reactive ketones (excluding diaryl/α,β-unsaturated/α-hetero) is 1. The molecule has 2 heterocycles. The first kappa shape index (κ1) is 28.1. The Kier molecular flexibility index (Phi) is 8.11. The van der Waals surface area contributed by atoms with Crippen molar-refractivity contribution in [1.82, 2.24) is 4.31 Å². The van der Waals surface area contributed by atoms with Gasteiger partial charge in [-0.1, -0.05) is 31.2 Å². The van der Waals surface area contributed by atoms with Gasteiger partial charge in [0.05, 0.1) is 28.7 Å². The summed E-state index contributed by atoms with van der Waals surface area (Å²) >= 11 is 3.41. The van der Waals surface area contributed by atoms with Crippen molar-refractivity contribution in [2.75, 3.05) is 32.1 Å². The van der Waals surface area contributed by atoms with E-state index in [1.54, 1.807) is 55.6 Å². The molecule has 0 bridgehead atoms. The lowest BCUT2D eigenvalue weighted by Gasteiger charge is -2.29. The molecule has 0 unspecified atom stereocenters. The zero-order valence-electron chi connectivity index (χ0n) is 22.1. The number of hydrogen-bond donors (Lipinski definition) is 1. The molecule has 1 N–H and O–H groups in total. The second kappa shape index (κ2) is 11.6. The monoisotopic (exact) mass is 624 g/mol. The minimum absolute atomic E-state index is 0.0710. The molecule has 3 aromatic carbocycles. The fourth-order valence-corrected chi connectivity index (χ4v) is 6.85. The highest BCUT2D eigenvalue weighted by Crippen LogP contribution is 2.34. The van der Waals surface area contributed by atoms with E-state index in [1.165, 1.54) is 16.4 Å². The van der Waals surface area contributed by atoms with Crippen LogP contribution in [0.2, 0.25) is 0 Å². The molecule has 0 aliphatic carbocycles. The highest BCUT2D eigenvalue weighted by Gasteiger charge is 2.29. The van der Waals surface area contributed by atoms with Crippen LogP contribution in [0, 0.1) is 5.92 Å². The molecular weight excluding hydrogens is 596 g/mol. The van der Waals surface area contributed by atoms with Crippen LogP contribution in [0.4, 0.5) is 5.69 Å². The Hall–Kier alpha value is -3.47. The number of piperidine rings is 1. The first-order valence-corrected chi connectivity index (χ1v) is 15.2. The Balaban J connectivity index is 1.39. The Bertz CT molecular complexity index is 1690. The summed E-state index contributed by atoms with van der Waals surface area (Å²) in [7, 11) is -2.16. The maximum atomic E-state index is 13.5. The summed E-state index contributed by atoms with van der Waals surface area (Å²) in [6, 6.07) is 18.3. The third-order valence-corrected chi connectivity index (χ3v) is 9.69. The Morgan fingerprint density at radius 1 is 1.02 bits per heavy atom. The van der Waals surface area contributed by atoms with Gasteiger partial charge in [-0.25, -0.2) is 8.42 Å². The number of carbonyl (C=O) groups is 2. The summed E-state index contributed by atoms with van der Waals surface area (Å²) in [5.74, 6) is 0.469. The van der Waals surface area contributed by atoms with E-state index in [0.29, 0.717) is 51.4 Å². The van der Waals surface area contributed by atoms with Crippen molar-refractivity contribution in [3.63, 3.8) is 0 Å². The van der Waals surface area contributed by atoms with Crippen molar-refractivity contribution in [2.45, 2.75) is 24.7 Å². The third kappa shape index (κ3) is 5.56. The number of ether oxygens (including phenoxy) is 1. The van der Waals surface area contributed by atoms with Crippen LogP contribution in [0.1, 0.15) is 46.2 Å². The highest BCUT2D eigenvalue weighted by molar-refractivity contribution is 9.10. The van der Waals surface area contributed by atoms with Crippen LogP contribution in [0.3, 0.4) is 0 Å². The topological polar surface area (TPSA) is 106 Å². The number of ketones is 2. The minimum Gasteiger partial charge on any atom is -0.496 e. The molecule has 0 radical (unpaired) electrons. The van der Waals surface area contributed by atoms with E-state index >= 15 is 0 Å². The normalized spacial score (nSPS) is 14.8. The molecule has 8 nitrogen and oxygen atoms in total. The van der Waals surface area contributed by atoms with Crippen molar-refractivity contribution in [2.24, 2.45) is 5.92 Å². The predicted molar refractivity (Wildman–Crippen MR) is 157 cm³/mol. The number of benzene rings is 3. The quantitative estimate of drug-likeness (QED) is 0.223.